The van der Waals surface area contributed by atoms with Crippen LogP contribution in [-0.2, 0) is 38.2 Å². The topological polar surface area (TPSA) is 164 Å². The molecule has 4 bridgehead atoms. The smallest absolute Gasteiger partial charge is 0.333 e. The van der Waals surface area contributed by atoms with Crippen LogP contribution in [0.15, 0.2) is 24.3 Å². The lowest BCUT2D eigenvalue weighted by Crippen LogP contribution is -2.72. The first-order valence-corrected chi connectivity index (χ1v) is 20.5. The molecule has 1 saturated carbocycles. The summed E-state index contributed by atoms with van der Waals surface area (Å²) in [5.74, 6) is 1.87. The molecular weight excluding hydrogens is 753 g/mol. The number of nitrogens with zero attached hydrogens (tertiary/aromatic N) is 2. The molecule has 4 N–H and O–H groups in total. The van der Waals surface area contributed by atoms with Crippen LogP contribution in [0.25, 0.3) is 10.9 Å². The van der Waals surface area contributed by atoms with Crippen molar-refractivity contribution in [3.05, 3.63) is 68.9 Å². The maximum atomic E-state index is 15.1. The number of benzene rings is 3. The van der Waals surface area contributed by atoms with E-state index in [2.05, 4.69) is 26.2 Å². The molecular formula is C42H44N4O10S. The third-order valence-corrected chi connectivity index (χ3v) is 15.3. The van der Waals surface area contributed by atoms with E-state index in [4.69, 9.17) is 28.4 Å². The Bertz CT molecular complexity index is 2470. The standard InChI is InChI=1S/C42H44N4O10S/c1-17-11-20-12-25-39(49)46-31(30(45(25)4)27(20)32(48)33(17)52-6)37-28-29(36-35(53-16-54-36)18(2)34(28)55-19(3)47)42(46)14-26(42)56-40(50)41(15-57-37)38-22(9-10-43-41)23-13-21(51-5)7-8-24(23)44-38/h7-8,11,13,25-26,30-31,37,39,43-44,48-49H,9-10,12,14-16H2,1-6H3/t25-,26?,30+,31-,37+,39-,41+,42?/m0/s1. The number of phenols is 1. The van der Waals surface area contributed by atoms with Crippen molar-refractivity contribution in [1.82, 2.24) is 20.1 Å². The number of hydrogen-bond donors (Lipinski definition) is 4. The predicted molar refractivity (Wildman–Crippen MR) is 207 cm³/mol. The largest absolute Gasteiger partial charge is 0.504 e. The van der Waals surface area contributed by atoms with E-state index in [0.29, 0.717) is 59.9 Å². The van der Waals surface area contributed by atoms with Crippen molar-refractivity contribution in [3.63, 3.8) is 0 Å². The molecule has 0 radical (unpaired) electrons. The number of thioether (sulfide) groups is 1. The van der Waals surface area contributed by atoms with E-state index >= 15 is 4.79 Å². The highest BCUT2D eigenvalue weighted by Gasteiger charge is 2.75. The number of carbonyl (C=O) groups is 2. The van der Waals surface area contributed by atoms with Gasteiger partial charge in [-0.05, 0) is 68.6 Å². The summed E-state index contributed by atoms with van der Waals surface area (Å²) < 4.78 is 36.8. The highest BCUT2D eigenvalue weighted by atomic mass is 32.2. The first-order chi connectivity index (χ1) is 27.4. The number of esters is 2. The third-order valence-electron chi connectivity index (χ3n) is 13.8. The van der Waals surface area contributed by atoms with Gasteiger partial charge in [-0.15, -0.1) is 11.8 Å². The van der Waals surface area contributed by atoms with E-state index in [0.717, 1.165) is 50.2 Å². The molecule has 2 spiro atoms. The monoisotopic (exact) mass is 796 g/mol. The summed E-state index contributed by atoms with van der Waals surface area (Å²) >= 11 is 1.54. The van der Waals surface area contributed by atoms with Crippen LogP contribution >= 0.6 is 11.8 Å². The number of H-pyrrole nitrogens is 1. The van der Waals surface area contributed by atoms with Crippen LogP contribution in [0.5, 0.6) is 34.5 Å². The number of carbonyl (C=O) groups excluding carboxylic acids is 2. The fourth-order valence-electron chi connectivity index (χ4n) is 11.4. The number of aryl methyl sites for hydroxylation is 1. The summed E-state index contributed by atoms with van der Waals surface area (Å²) in [6, 6.07) is 6.58. The Labute approximate surface area is 332 Å². The van der Waals surface area contributed by atoms with Gasteiger partial charge < -0.3 is 43.6 Å². The molecule has 1 aliphatic carbocycles. The van der Waals surface area contributed by atoms with E-state index in [9.17, 15) is 15.0 Å². The molecule has 7 aliphatic heterocycles. The Morgan fingerprint density at radius 3 is 2.67 bits per heavy atom. The van der Waals surface area contributed by atoms with Crippen LogP contribution in [-0.4, -0.2) is 102 Å². The van der Waals surface area contributed by atoms with Crippen LogP contribution in [0.2, 0.25) is 0 Å². The number of aliphatic hydroxyl groups excluding tert-OH is 1. The average Bonchev–Trinajstić information content (AvgIpc) is 3.47. The molecule has 0 amide bonds. The van der Waals surface area contributed by atoms with E-state index in [-0.39, 0.29) is 24.3 Å². The lowest BCUT2D eigenvalue weighted by Gasteiger charge is -2.62. The van der Waals surface area contributed by atoms with Gasteiger partial charge in [0.1, 0.15) is 23.8 Å². The highest BCUT2D eigenvalue weighted by molar-refractivity contribution is 7.99. The summed E-state index contributed by atoms with van der Waals surface area (Å²) in [6.45, 7) is 5.66. The minimum atomic E-state index is -1.28. The molecule has 298 valence electrons. The number of piperazine rings is 1. The third kappa shape index (κ3) is 4.41. The van der Waals surface area contributed by atoms with Gasteiger partial charge >= 0.3 is 11.9 Å². The summed E-state index contributed by atoms with van der Waals surface area (Å²) in [7, 11) is 5.20. The molecule has 3 fully saturated rings. The number of fused-ring (bicyclic) bond motifs is 10. The number of ether oxygens (including phenoxy) is 6. The second kappa shape index (κ2) is 11.9. The molecule has 57 heavy (non-hydrogen) atoms. The van der Waals surface area contributed by atoms with Crippen molar-refractivity contribution in [3.8, 4) is 34.5 Å². The number of aromatic hydroxyl groups is 1. The lowest BCUT2D eigenvalue weighted by atomic mass is 9.72. The molecule has 8 atom stereocenters. The molecule has 15 heteroatoms. The fraction of sp³-hybridized carbons (Fsp3) is 0.476. The Hall–Kier alpha value is -4.67. The Kier molecular flexibility index (Phi) is 7.44. The van der Waals surface area contributed by atoms with Crippen LogP contribution in [0, 0.1) is 13.8 Å². The van der Waals surface area contributed by atoms with Crippen LogP contribution in [0.4, 0.5) is 0 Å². The summed E-state index contributed by atoms with van der Waals surface area (Å²) in [5.41, 5.74) is 4.87. The van der Waals surface area contributed by atoms with Crippen LogP contribution < -0.4 is 29.0 Å². The summed E-state index contributed by atoms with van der Waals surface area (Å²) in [5, 5.41) is 29.0. The Morgan fingerprint density at radius 2 is 1.89 bits per heavy atom. The molecule has 1 aromatic heterocycles. The zero-order valence-corrected chi connectivity index (χ0v) is 33.3. The normalized spacial score (nSPS) is 31.8. The maximum absolute atomic E-state index is 15.1. The first kappa shape index (κ1) is 35.5. The quantitative estimate of drug-likeness (QED) is 0.173. The first-order valence-electron chi connectivity index (χ1n) is 19.4. The van der Waals surface area contributed by atoms with Gasteiger partial charge in [0.2, 0.25) is 6.79 Å². The zero-order valence-electron chi connectivity index (χ0n) is 32.5. The fourth-order valence-corrected chi connectivity index (χ4v) is 13.0. The van der Waals surface area contributed by atoms with Gasteiger partial charge in [-0.2, -0.15) is 0 Å². The van der Waals surface area contributed by atoms with Gasteiger partial charge in [0.15, 0.2) is 28.5 Å². The zero-order chi connectivity index (χ0) is 39.4. The summed E-state index contributed by atoms with van der Waals surface area (Å²) in [6.07, 6.45) is -0.218. The number of phenolic OH excluding ortho intramolecular Hbond substituents is 1. The predicted octanol–water partition coefficient (Wildman–Crippen LogP) is 4.12. The van der Waals surface area contributed by atoms with Crippen molar-refractivity contribution in [2.45, 2.75) is 86.8 Å². The van der Waals surface area contributed by atoms with Crippen LogP contribution in [0.3, 0.4) is 0 Å². The molecule has 8 heterocycles. The van der Waals surface area contributed by atoms with Crippen molar-refractivity contribution < 1.29 is 48.2 Å². The minimum Gasteiger partial charge on any atom is -0.504 e. The molecule has 3 aromatic carbocycles. The molecule has 14 nitrogen and oxygen atoms in total. The average molecular weight is 797 g/mol. The van der Waals surface area contributed by atoms with E-state index < -0.39 is 52.7 Å². The number of hydrogen-bond acceptors (Lipinski definition) is 14. The van der Waals surface area contributed by atoms with Gasteiger partial charge in [0.05, 0.1) is 42.8 Å². The number of methoxy groups -OCH3 is 2. The van der Waals surface area contributed by atoms with Crippen molar-refractivity contribution in [1.29, 1.82) is 0 Å². The number of rotatable bonds is 3. The lowest BCUT2D eigenvalue weighted by molar-refractivity contribution is -0.190. The number of aromatic amines is 1. The van der Waals surface area contributed by atoms with Gasteiger partial charge in [0, 0.05) is 64.8 Å². The maximum Gasteiger partial charge on any atom is 0.333 e. The van der Waals surface area contributed by atoms with Gasteiger partial charge in [0.25, 0.3) is 0 Å². The Balaban J connectivity index is 1.19. The second-order valence-electron chi connectivity index (χ2n) is 16.5. The van der Waals surface area contributed by atoms with E-state index in [1.807, 2.05) is 39.1 Å². The van der Waals surface area contributed by atoms with Crippen molar-refractivity contribution >= 4 is 34.6 Å². The number of aliphatic hydroxyl groups is 1. The van der Waals surface area contributed by atoms with Crippen LogP contribution in [0.1, 0.15) is 69.3 Å². The van der Waals surface area contributed by atoms with E-state index in [1.165, 1.54) is 6.92 Å². The van der Waals surface area contributed by atoms with E-state index in [1.54, 1.807) is 26.0 Å². The number of nitrogens with one attached hydrogen (secondary N) is 2. The highest BCUT2D eigenvalue weighted by Crippen LogP contribution is 2.72. The van der Waals surface area contributed by atoms with Crippen molar-refractivity contribution in [2.24, 2.45) is 0 Å². The van der Waals surface area contributed by atoms with Gasteiger partial charge in [-0.3, -0.25) is 19.9 Å². The molecule has 8 aliphatic rings. The number of likely N-dealkylation sites (N-methyl/N-ethyl adjacent to an activating group) is 1. The Morgan fingerprint density at radius 1 is 1.09 bits per heavy atom. The number of aromatic nitrogens is 1. The molecule has 4 aromatic rings. The molecule has 2 unspecified atom stereocenters. The second-order valence-corrected chi connectivity index (χ2v) is 17.6. The molecule has 12 rings (SSSR count). The SMILES string of the molecule is COc1ccc2[nH]c3c(c2c1)CCN[C@]31CS[C@@H]2c3c(OC(C)=O)c(C)c4c(c3C3(CC3OC1=O)N1[C@H]2[C@H]2c3c(cc(C)c(OC)c3O)C[C@@H]([C@@H]1O)N2C)OCO4. The van der Waals surface area contributed by atoms with Gasteiger partial charge in [-0.1, -0.05) is 6.07 Å². The molecule has 2 saturated heterocycles. The minimum absolute atomic E-state index is 0.0359. The summed E-state index contributed by atoms with van der Waals surface area (Å²) in [4.78, 5) is 36.1. The van der Waals surface area contributed by atoms with Gasteiger partial charge in [-0.25, -0.2) is 4.79 Å². The van der Waals surface area contributed by atoms with Crippen molar-refractivity contribution in [2.75, 3.05) is 40.4 Å².